The van der Waals surface area contributed by atoms with Gasteiger partial charge in [0, 0.05) is 29.9 Å². The maximum Gasteiger partial charge on any atom is 0.239 e. The molecule has 0 unspecified atom stereocenters. The first-order valence-electron chi connectivity index (χ1n) is 13.8. The van der Waals surface area contributed by atoms with Crippen LogP contribution in [0, 0.1) is 5.92 Å². The van der Waals surface area contributed by atoms with Crippen LogP contribution in [-0.2, 0) is 20.9 Å². The van der Waals surface area contributed by atoms with Gasteiger partial charge in [-0.25, -0.2) is 0 Å². The highest BCUT2D eigenvalue weighted by Crippen LogP contribution is 2.38. The molecule has 2 aromatic carbocycles. The Kier molecular flexibility index (Phi) is 10.8. The minimum Gasteiger partial charge on any atom is -0.355 e. The highest BCUT2D eigenvalue weighted by Gasteiger charge is 2.41. The number of nitrogens with one attached hydrogen (secondary N) is 2. The fourth-order valence-electron chi connectivity index (χ4n) is 5.42. The summed E-state index contributed by atoms with van der Waals surface area (Å²) >= 11 is 3.47. The summed E-state index contributed by atoms with van der Waals surface area (Å²) < 4.78 is 0.955. The number of rotatable bonds is 12. The number of nitrogens with zero attached hydrogens (tertiary/aromatic N) is 2. The zero-order valence-corrected chi connectivity index (χ0v) is 23.6. The average molecular weight is 584 g/mol. The summed E-state index contributed by atoms with van der Waals surface area (Å²) in [4.78, 5) is 43.1. The van der Waals surface area contributed by atoms with E-state index in [-0.39, 0.29) is 36.7 Å². The van der Waals surface area contributed by atoms with Crippen LogP contribution in [0.25, 0.3) is 0 Å². The van der Waals surface area contributed by atoms with E-state index in [2.05, 4.69) is 31.5 Å². The number of benzene rings is 2. The number of hydrogen-bond donors (Lipinski definition) is 2. The number of hydrogen-bond acceptors (Lipinski definition) is 4. The smallest absolute Gasteiger partial charge is 0.239 e. The van der Waals surface area contributed by atoms with E-state index in [1.807, 2.05) is 54.6 Å². The van der Waals surface area contributed by atoms with E-state index in [0.717, 1.165) is 35.0 Å². The Morgan fingerprint density at radius 1 is 0.895 bits per heavy atom. The van der Waals surface area contributed by atoms with Crippen LogP contribution in [0.5, 0.6) is 0 Å². The topological polar surface area (TPSA) is 81.8 Å². The number of piperidine rings is 1. The highest BCUT2D eigenvalue weighted by atomic mass is 79.9. The molecule has 2 N–H and O–H groups in total. The average Bonchev–Trinajstić information content (AvgIpc) is 3.23. The van der Waals surface area contributed by atoms with Crippen LogP contribution in [0.4, 0.5) is 0 Å². The molecular weight excluding hydrogens is 544 g/mol. The van der Waals surface area contributed by atoms with Gasteiger partial charge in [-0.15, -0.1) is 0 Å². The van der Waals surface area contributed by atoms with Gasteiger partial charge in [-0.2, -0.15) is 0 Å². The van der Waals surface area contributed by atoms with Gasteiger partial charge in [0.15, 0.2) is 0 Å². The third-order valence-electron chi connectivity index (χ3n) is 7.52. The van der Waals surface area contributed by atoms with Crippen molar-refractivity contribution in [2.45, 2.75) is 57.5 Å². The number of amides is 3. The maximum atomic E-state index is 13.4. The molecule has 2 aliphatic heterocycles. The summed E-state index contributed by atoms with van der Waals surface area (Å²) in [7, 11) is 0. The number of likely N-dealkylation sites (tertiary alicyclic amines) is 2. The summed E-state index contributed by atoms with van der Waals surface area (Å²) in [6.07, 6.45) is 6.53. The van der Waals surface area contributed by atoms with Gasteiger partial charge >= 0.3 is 0 Å². The van der Waals surface area contributed by atoms with Gasteiger partial charge < -0.3 is 20.4 Å². The van der Waals surface area contributed by atoms with Gasteiger partial charge in [-0.05, 0) is 75.0 Å². The number of carbonyl (C=O) groups is 3. The predicted octanol–water partition coefficient (Wildman–Crippen LogP) is 4.43. The molecule has 0 radical (unpaired) electrons. The van der Waals surface area contributed by atoms with Crippen molar-refractivity contribution in [3.63, 3.8) is 0 Å². The van der Waals surface area contributed by atoms with Crippen molar-refractivity contribution in [2.75, 3.05) is 32.7 Å². The minimum absolute atomic E-state index is 0.00776. The summed E-state index contributed by atoms with van der Waals surface area (Å²) in [6.45, 7) is 4.51. The molecule has 3 amide bonds. The van der Waals surface area contributed by atoms with E-state index >= 15 is 0 Å². The van der Waals surface area contributed by atoms with E-state index in [9.17, 15) is 14.4 Å². The van der Waals surface area contributed by atoms with E-state index in [1.54, 1.807) is 4.90 Å². The summed E-state index contributed by atoms with van der Waals surface area (Å²) in [6, 6.07) is 17.3. The number of unbranched alkanes of at least 4 members (excludes halogenated alkanes) is 1. The molecule has 2 aliphatic rings. The summed E-state index contributed by atoms with van der Waals surface area (Å²) in [5, 5.41) is 5.93. The van der Waals surface area contributed by atoms with Crippen LogP contribution in [0.1, 0.15) is 62.1 Å². The lowest BCUT2D eigenvalue weighted by Gasteiger charge is -2.26. The molecule has 2 fully saturated rings. The molecule has 4 rings (SSSR count). The van der Waals surface area contributed by atoms with Crippen LogP contribution in [0.15, 0.2) is 59.1 Å². The molecule has 0 saturated carbocycles. The van der Waals surface area contributed by atoms with Crippen LogP contribution in [-0.4, -0.2) is 60.2 Å². The van der Waals surface area contributed by atoms with Crippen LogP contribution < -0.4 is 10.6 Å². The Bertz CT molecular complexity index is 1060. The fourth-order valence-corrected chi connectivity index (χ4v) is 5.68. The monoisotopic (exact) mass is 582 g/mol. The lowest BCUT2D eigenvalue weighted by Crippen LogP contribution is -2.40. The van der Waals surface area contributed by atoms with E-state index in [0.29, 0.717) is 19.5 Å². The molecule has 2 heterocycles. The van der Waals surface area contributed by atoms with E-state index in [4.69, 9.17) is 0 Å². The minimum atomic E-state index is -0.447. The van der Waals surface area contributed by atoms with Gasteiger partial charge in [0.05, 0.1) is 6.04 Å². The molecule has 2 saturated heterocycles. The molecule has 7 nitrogen and oxygen atoms in total. The third-order valence-corrected chi connectivity index (χ3v) is 8.05. The van der Waals surface area contributed by atoms with E-state index < -0.39 is 5.92 Å². The predicted molar refractivity (Wildman–Crippen MR) is 152 cm³/mol. The summed E-state index contributed by atoms with van der Waals surface area (Å²) in [5.74, 6) is -0.876. The van der Waals surface area contributed by atoms with Gasteiger partial charge in [0.2, 0.25) is 17.7 Å². The van der Waals surface area contributed by atoms with Crippen molar-refractivity contribution in [1.82, 2.24) is 20.4 Å². The number of carbonyl (C=O) groups excluding carboxylic acids is 3. The zero-order valence-electron chi connectivity index (χ0n) is 22.0. The largest absolute Gasteiger partial charge is 0.355 e. The molecule has 38 heavy (non-hydrogen) atoms. The third kappa shape index (κ3) is 8.40. The first-order chi connectivity index (χ1) is 18.5. The van der Waals surface area contributed by atoms with E-state index in [1.165, 1.54) is 32.4 Å². The molecule has 0 bridgehead atoms. The highest BCUT2D eigenvalue weighted by molar-refractivity contribution is 9.10. The molecule has 204 valence electrons. The molecule has 0 spiro atoms. The lowest BCUT2D eigenvalue weighted by atomic mass is 9.97. The Balaban J connectivity index is 1.29. The fraction of sp³-hybridized carbons (Fsp3) is 0.500. The van der Waals surface area contributed by atoms with Gasteiger partial charge in [-0.3, -0.25) is 14.4 Å². The normalized spacial score (nSPS) is 19.9. The molecule has 2 aromatic rings. The van der Waals surface area contributed by atoms with Crippen LogP contribution >= 0.6 is 15.9 Å². The van der Waals surface area contributed by atoms with Gasteiger partial charge in [-0.1, -0.05) is 64.8 Å². The Hall–Kier alpha value is -2.71. The van der Waals surface area contributed by atoms with Crippen molar-refractivity contribution >= 4 is 33.7 Å². The molecule has 8 heteroatoms. The van der Waals surface area contributed by atoms with Crippen molar-refractivity contribution < 1.29 is 14.4 Å². The van der Waals surface area contributed by atoms with Gasteiger partial charge in [0.1, 0.15) is 6.54 Å². The molecule has 0 aliphatic carbocycles. The van der Waals surface area contributed by atoms with Crippen molar-refractivity contribution in [1.29, 1.82) is 0 Å². The quantitative estimate of drug-likeness (QED) is 0.363. The van der Waals surface area contributed by atoms with Crippen LogP contribution in [0.2, 0.25) is 0 Å². The second kappa shape index (κ2) is 14.4. The second-order valence-electron chi connectivity index (χ2n) is 10.4. The molecule has 2 atom stereocenters. The number of halogens is 1. The Morgan fingerprint density at radius 2 is 1.63 bits per heavy atom. The SMILES string of the molecule is O=C(C[C@H]1C[C@H](c2ccc(Br)cc2)N(CC(=O)NCCCCN2CCCCC2)C1=O)NCc1ccccc1. The first kappa shape index (κ1) is 28.3. The van der Waals surface area contributed by atoms with Crippen LogP contribution in [0.3, 0.4) is 0 Å². The molecular formula is C30H39BrN4O3. The zero-order chi connectivity index (χ0) is 26.7. The Labute approximate surface area is 234 Å². The first-order valence-corrected chi connectivity index (χ1v) is 14.6. The Morgan fingerprint density at radius 3 is 2.37 bits per heavy atom. The second-order valence-corrected chi connectivity index (χ2v) is 11.3. The van der Waals surface area contributed by atoms with Gasteiger partial charge in [0.25, 0.3) is 0 Å². The van der Waals surface area contributed by atoms with Crippen molar-refractivity contribution in [2.24, 2.45) is 5.92 Å². The maximum absolute atomic E-state index is 13.4. The molecule has 0 aromatic heterocycles. The summed E-state index contributed by atoms with van der Waals surface area (Å²) in [5.41, 5.74) is 1.99. The lowest BCUT2D eigenvalue weighted by molar-refractivity contribution is -0.138. The van der Waals surface area contributed by atoms with Crippen molar-refractivity contribution in [3.8, 4) is 0 Å². The van der Waals surface area contributed by atoms with Crippen molar-refractivity contribution in [3.05, 3.63) is 70.2 Å². The standard InChI is InChI=1S/C30H39BrN4O3/c31-26-13-11-24(12-14-26)27-19-25(20-28(36)33-21-23-9-3-1-4-10-23)30(38)35(27)22-29(37)32-15-5-8-18-34-16-6-2-7-17-34/h1,3-4,9-14,25,27H,2,5-8,15-22H2,(H,32,37)(H,33,36)/t25-,27-/m1/s1.